The third-order valence-electron chi connectivity index (χ3n) is 4.77. The number of aromatic amines is 1. The van der Waals surface area contributed by atoms with Crippen LogP contribution in [0.2, 0.25) is 0 Å². The molecule has 0 radical (unpaired) electrons. The van der Waals surface area contributed by atoms with Gasteiger partial charge in [-0.2, -0.15) is 9.40 Å². The Morgan fingerprint density at radius 2 is 1.85 bits per heavy atom. The van der Waals surface area contributed by atoms with Crippen molar-refractivity contribution in [1.29, 1.82) is 0 Å². The van der Waals surface area contributed by atoms with Gasteiger partial charge in [-0.25, -0.2) is 8.42 Å². The fourth-order valence-electron chi connectivity index (χ4n) is 3.35. The zero-order valence-electron chi connectivity index (χ0n) is 14.7. The molecule has 0 saturated carbocycles. The highest BCUT2D eigenvalue weighted by Gasteiger charge is 2.26. The first-order chi connectivity index (χ1) is 13.1. The van der Waals surface area contributed by atoms with Crippen LogP contribution in [0.25, 0.3) is 10.9 Å². The standard InChI is InChI=1S/C19H20N4O3S/c24-19(17-9-4-6-14-13-20-22-18(14)17)21-15-7-5-8-16(12-15)27(25,26)23-10-2-1-3-11-23/h4-9,12-13H,1-3,10-11H2,(H,20,22)(H,21,24). The predicted octanol–water partition coefficient (Wildman–Crippen LogP) is 2.99. The van der Waals surface area contributed by atoms with E-state index in [1.165, 1.54) is 10.4 Å². The van der Waals surface area contributed by atoms with Gasteiger partial charge in [-0.1, -0.05) is 24.6 Å². The average Bonchev–Trinajstić information content (AvgIpc) is 3.17. The number of amides is 1. The van der Waals surface area contributed by atoms with Gasteiger partial charge in [-0.05, 0) is 37.1 Å². The SMILES string of the molecule is O=C(Nc1cccc(S(=O)(=O)N2CCCCC2)c1)c1cccc2cn[nH]c12. The van der Waals surface area contributed by atoms with Gasteiger partial charge in [0.2, 0.25) is 10.0 Å². The first-order valence-electron chi connectivity index (χ1n) is 8.89. The van der Waals surface area contributed by atoms with E-state index < -0.39 is 10.0 Å². The Morgan fingerprint density at radius 1 is 1.07 bits per heavy atom. The molecule has 1 saturated heterocycles. The zero-order valence-corrected chi connectivity index (χ0v) is 15.5. The fourth-order valence-corrected chi connectivity index (χ4v) is 4.91. The van der Waals surface area contributed by atoms with Crippen LogP contribution in [0.5, 0.6) is 0 Å². The Morgan fingerprint density at radius 3 is 2.67 bits per heavy atom. The number of fused-ring (bicyclic) bond motifs is 1. The van der Waals surface area contributed by atoms with Gasteiger partial charge in [0.1, 0.15) is 0 Å². The van der Waals surface area contributed by atoms with Crippen LogP contribution < -0.4 is 5.32 Å². The molecular weight excluding hydrogens is 364 g/mol. The molecule has 0 spiro atoms. The molecule has 2 heterocycles. The molecule has 1 aliphatic rings. The molecule has 2 aromatic carbocycles. The number of anilines is 1. The largest absolute Gasteiger partial charge is 0.322 e. The lowest BCUT2D eigenvalue weighted by Gasteiger charge is -2.26. The van der Waals surface area contributed by atoms with Crippen LogP contribution in [0.1, 0.15) is 29.6 Å². The second kappa shape index (κ2) is 7.13. The summed E-state index contributed by atoms with van der Waals surface area (Å²) < 4.78 is 27.2. The number of sulfonamides is 1. The van der Waals surface area contributed by atoms with Crippen molar-refractivity contribution in [2.24, 2.45) is 0 Å². The maximum absolute atomic E-state index is 12.8. The third kappa shape index (κ3) is 3.45. The highest BCUT2D eigenvalue weighted by molar-refractivity contribution is 7.89. The summed E-state index contributed by atoms with van der Waals surface area (Å²) >= 11 is 0. The molecule has 7 nitrogen and oxygen atoms in total. The summed E-state index contributed by atoms with van der Waals surface area (Å²) in [5.41, 5.74) is 1.54. The summed E-state index contributed by atoms with van der Waals surface area (Å²) in [6.07, 6.45) is 4.47. The molecule has 0 atom stereocenters. The van der Waals surface area contributed by atoms with Gasteiger partial charge in [0, 0.05) is 24.2 Å². The smallest absolute Gasteiger partial charge is 0.257 e. The summed E-state index contributed by atoms with van der Waals surface area (Å²) in [5.74, 6) is -0.322. The maximum atomic E-state index is 12.8. The van der Waals surface area contributed by atoms with Crippen molar-refractivity contribution in [3.8, 4) is 0 Å². The highest BCUT2D eigenvalue weighted by Crippen LogP contribution is 2.24. The van der Waals surface area contributed by atoms with Crippen molar-refractivity contribution >= 4 is 32.5 Å². The number of hydrogen-bond acceptors (Lipinski definition) is 4. The molecule has 1 amide bonds. The van der Waals surface area contributed by atoms with E-state index in [0.29, 0.717) is 29.9 Å². The van der Waals surface area contributed by atoms with Crippen LogP contribution in [0.3, 0.4) is 0 Å². The van der Waals surface area contributed by atoms with Crippen molar-refractivity contribution in [2.75, 3.05) is 18.4 Å². The van der Waals surface area contributed by atoms with E-state index in [2.05, 4.69) is 15.5 Å². The Bertz CT molecular complexity index is 1090. The molecule has 0 aliphatic carbocycles. The summed E-state index contributed by atoms with van der Waals surface area (Å²) in [5, 5.41) is 10.4. The number of H-pyrrole nitrogens is 1. The second-order valence-corrected chi connectivity index (χ2v) is 8.52. The van der Waals surface area contributed by atoms with E-state index in [1.54, 1.807) is 36.5 Å². The molecule has 8 heteroatoms. The lowest BCUT2D eigenvalue weighted by molar-refractivity contribution is 0.102. The molecule has 0 bridgehead atoms. The third-order valence-corrected chi connectivity index (χ3v) is 6.66. The quantitative estimate of drug-likeness (QED) is 0.723. The minimum atomic E-state index is -3.54. The van der Waals surface area contributed by atoms with E-state index in [1.807, 2.05) is 6.07 Å². The molecule has 1 fully saturated rings. The van der Waals surface area contributed by atoms with E-state index in [4.69, 9.17) is 0 Å². The second-order valence-electron chi connectivity index (χ2n) is 6.59. The van der Waals surface area contributed by atoms with E-state index >= 15 is 0 Å². The number of aromatic nitrogens is 2. The van der Waals surface area contributed by atoms with Crippen LogP contribution in [-0.2, 0) is 10.0 Å². The number of hydrogen-bond donors (Lipinski definition) is 2. The maximum Gasteiger partial charge on any atom is 0.257 e. The van der Waals surface area contributed by atoms with Crippen molar-refractivity contribution in [3.05, 3.63) is 54.2 Å². The molecule has 4 rings (SSSR count). The van der Waals surface area contributed by atoms with Crippen molar-refractivity contribution in [3.63, 3.8) is 0 Å². The Labute approximate surface area is 157 Å². The molecular formula is C19H20N4O3S. The number of carbonyl (C=O) groups excluding carboxylic acids is 1. The number of carbonyl (C=O) groups is 1. The number of nitrogens with one attached hydrogen (secondary N) is 2. The first kappa shape index (κ1) is 17.7. The average molecular weight is 384 g/mol. The fraction of sp³-hybridized carbons (Fsp3) is 0.263. The van der Waals surface area contributed by atoms with Crippen molar-refractivity contribution in [2.45, 2.75) is 24.2 Å². The molecule has 140 valence electrons. The van der Waals surface area contributed by atoms with E-state index in [0.717, 1.165) is 24.6 Å². The van der Waals surface area contributed by atoms with Gasteiger partial charge in [0.15, 0.2) is 0 Å². The molecule has 1 aliphatic heterocycles. The molecule has 1 aromatic heterocycles. The van der Waals surface area contributed by atoms with Crippen molar-refractivity contribution < 1.29 is 13.2 Å². The number of piperidine rings is 1. The predicted molar refractivity (Wildman–Crippen MR) is 103 cm³/mol. The Hall–Kier alpha value is -2.71. The minimum absolute atomic E-state index is 0.196. The van der Waals surface area contributed by atoms with Crippen LogP contribution >= 0.6 is 0 Å². The normalized spacial score (nSPS) is 15.7. The van der Waals surface area contributed by atoms with Gasteiger partial charge >= 0.3 is 0 Å². The van der Waals surface area contributed by atoms with E-state index in [9.17, 15) is 13.2 Å². The number of rotatable bonds is 4. The van der Waals surface area contributed by atoms with Crippen molar-refractivity contribution in [1.82, 2.24) is 14.5 Å². The Kier molecular flexibility index (Phi) is 4.67. The topological polar surface area (TPSA) is 95.2 Å². The lowest BCUT2D eigenvalue weighted by atomic mass is 10.1. The van der Waals surface area contributed by atoms with Crippen LogP contribution in [0, 0.1) is 0 Å². The summed E-state index contributed by atoms with van der Waals surface area (Å²) in [6, 6.07) is 11.7. The Balaban J connectivity index is 1.59. The number of benzene rings is 2. The molecule has 27 heavy (non-hydrogen) atoms. The van der Waals surface area contributed by atoms with Gasteiger partial charge in [0.05, 0.1) is 22.2 Å². The number of nitrogens with zero attached hydrogens (tertiary/aromatic N) is 2. The summed E-state index contributed by atoms with van der Waals surface area (Å²) in [4.78, 5) is 12.9. The van der Waals surface area contributed by atoms with Gasteiger partial charge in [-0.3, -0.25) is 9.89 Å². The van der Waals surface area contributed by atoms with Gasteiger partial charge in [-0.15, -0.1) is 0 Å². The number of para-hydroxylation sites is 1. The monoisotopic (exact) mass is 384 g/mol. The first-order valence-corrected chi connectivity index (χ1v) is 10.3. The summed E-state index contributed by atoms with van der Waals surface area (Å²) in [6.45, 7) is 1.08. The molecule has 3 aromatic rings. The highest BCUT2D eigenvalue weighted by atomic mass is 32.2. The van der Waals surface area contributed by atoms with Crippen LogP contribution in [0.4, 0.5) is 5.69 Å². The summed E-state index contributed by atoms with van der Waals surface area (Å²) in [7, 11) is -3.54. The van der Waals surface area contributed by atoms with Gasteiger partial charge < -0.3 is 5.32 Å². The van der Waals surface area contributed by atoms with E-state index in [-0.39, 0.29) is 10.8 Å². The minimum Gasteiger partial charge on any atom is -0.322 e. The molecule has 0 unspecified atom stereocenters. The molecule has 2 N–H and O–H groups in total. The lowest BCUT2D eigenvalue weighted by Crippen LogP contribution is -2.35. The van der Waals surface area contributed by atoms with Crippen LogP contribution in [0.15, 0.2) is 53.6 Å². The van der Waals surface area contributed by atoms with Gasteiger partial charge in [0.25, 0.3) is 5.91 Å². The zero-order chi connectivity index (χ0) is 18.9. The van der Waals surface area contributed by atoms with Crippen LogP contribution in [-0.4, -0.2) is 41.9 Å².